The molecule has 0 aromatic rings. The molecule has 5 nitrogen and oxygen atoms in total. The van der Waals surface area contributed by atoms with Crippen LogP contribution >= 0.6 is 0 Å². The van der Waals surface area contributed by atoms with Crippen molar-refractivity contribution in [1.82, 2.24) is 5.32 Å². The third-order valence-corrected chi connectivity index (χ3v) is 1.35. The molecular weight excluding hydrogens is 174 g/mol. The van der Waals surface area contributed by atoms with Crippen molar-refractivity contribution in [3.05, 3.63) is 0 Å². The second-order valence-electron chi connectivity index (χ2n) is 2.56. The number of amides is 1. The number of hydrogen-bond acceptors (Lipinski definition) is 3. The highest BCUT2D eigenvalue weighted by Crippen LogP contribution is 1.95. The minimum atomic E-state index is -1.15. The van der Waals surface area contributed by atoms with Crippen LogP contribution in [0.2, 0.25) is 0 Å². The summed E-state index contributed by atoms with van der Waals surface area (Å²) in [6.07, 6.45) is -0.433. The van der Waals surface area contributed by atoms with Gasteiger partial charge in [0.15, 0.2) is 0 Å². The van der Waals surface area contributed by atoms with Gasteiger partial charge in [0, 0.05) is 19.4 Å². The van der Waals surface area contributed by atoms with Gasteiger partial charge in [0.2, 0.25) is 5.91 Å². The fourth-order valence-corrected chi connectivity index (χ4v) is 0.796. The molecule has 0 aliphatic carbocycles. The first kappa shape index (κ1) is 11.6. The number of carboxylic acid groups (broad SMARTS) is 1. The molecule has 0 saturated heterocycles. The van der Waals surface area contributed by atoms with Gasteiger partial charge in [-0.1, -0.05) is 0 Å². The van der Waals surface area contributed by atoms with Gasteiger partial charge in [-0.25, -0.2) is 0 Å². The average molecular weight is 187 g/mol. The van der Waals surface area contributed by atoms with Gasteiger partial charge in [-0.15, -0.1) is 0 Å². The van der Waals surface area contributed by atoms with Gasteiger partial charge in [0.05, 0.1) is 0 Å². The van der Waals surface area contributed by atoms with E-state index < -0.39 is 18.2 Å². The van der Waals surface area contributed by atoms with Crippen LogP contribution in [0.25, 0.3) is 0 Å². The number of rotatable bonds is 6. The summed E-state index contributed by atoms with van der Waals surface area (Å²) < 4.78 is 0. The van der Waals surface area contributed by atoms with Gasteiger partial charge >= 0.3 is 5.97 Å². The van der Waals surface area contributed by atoms with E-state index in [1.54, 1.807) is 6.92 Å². The summed E-state index contributed by atoms with van der Waals surface area (Å²) in [5.41, 5.74) is 0. The van der Waals surface area contributed by atoms with Crippen LogP contribution in [0.3, 0.4) is 0 Å². The summed E-state index contributed by atoms with van der Waals surface area (Å²) in [7, 11) is 0. The smallest absolute Gasteiger partial charge is 0.310 e. The fraction of sp³-hybridized carbons (Fsp3) is 0.625. The maximum Gasteiger partial charge on any atom is 0.310 e. The first-order valence-electron chi connectivity index (χ1n) is 4.06. The summed E-state index contributed by atoms with van der Waals surface area (Å²) >= 11 is 0. The Labute approximate surface area is 76.1 Å². The molecule has 0 aliphatic rings. The largest absolute Gasteiger partial charge is 0.481 e. The van der Waals surface area contributed by atoms with E-state index in [0.717, 1.165) is 0 Å². The summed E-state index contributed by atoms with van der Waals surface area (Å²) in [6, 6.07) is 0. The summed E-state index contributed by atoms with van der Waals surface area (Å²) in [5.74, 6) is -1.79. The Bertz CT molecular complexity index is 212. The molecule has 0 atom stereocenters. The van der Waals surface area contributed by atoms with E-state index in [1.807, 2.05) is 0 Å². The first-order valence-corrected chi connectivity index (χ1v) is 4.06. The highest BCUT2D eigenvalue weighted by molar-refractivity contribution is 5.96. The zero-order valence-corrected chi connectivity index (χ0v) is 7.50. The zero-order valence-electron chi connectivity index (χ0n) is 7.50. The number of Topliss-reactive ketones (excluding diaryl/α,β-unsaturated/α-hetero) is 1. The number of ketones is 1. The summed E-state index contributed by atoms with van der Waals surface area (Å²) in [4.78, 5) is 31.7. The minimum absolute atomic E-state index is 0.00185. The lowest BCUT2D eigenvalue weighted by Gasteiger charge is -1.99. The second-order valence-corrected chi connectivity index (χ2v) is 2.56. The quantitative estimate of drug-likeness (QED) is 0.571. The standard InChI is InChI=1S/C8H13NO4/c1-2-9-7(11)4-3-6(10)5-8(12)13/h2-5H2,1H3,(H,9,11)(H,12,13). The number of nitrogens with one attached hydrogen (secondary N) is 1. The second kappa shape index (κ2) is 6.16. The third-order valence-electron chi connectivity index (χ3n) is 1.35. The van der Waals surface area contributed by atoms with Crippen molar-refractivity contribution >= 4 is 17.7 Å². The van der Waals surface area contributed by atoms with Gasteiger partial charge < -0.3 is 10.4 Å². The third kappa shape index (κ3) is 6.99. The van der Waals surface area contributed by atoms with Crippen molar-refractivity contribution in [2.24, 2.45) is 0 Å². The number of carbonyl (C=O) groups is 3. The molecule has 0 aromatic heterocycles. The molecule has 2 N–H and O–H groups in total. The molecule has 0 heterocycles. The fourth-order valence-electron chi connectivity index (χ4n) is 0.796. The van der Waals surface area contributed by atoms with Crippen molar-refractivity contribution in [2.75, 3.05) is 6.54 Å². The van der Waals surface area contributed by atoms with Crippen LogP contribution in [0.1, 0.15) is 26.2 Å². The van der Waals surface area contributed by atoms with Crippen LogP contribution in [0.15, 0.2) is 0 Å². The van der Waals surface area contributed by atoms with Crippen LogP contribution in [-0.2, 0) is 14.4 Å². The summed E-state index contributed by atoms with van der Waals surface area (Å²) in [6.45, 7) is 2.29. The van der Waals surface area contributed by atoms with Crippen LogP contribution < -0.4 is 5.32 Å². The molecule has 0 bridgehead atoms. The number of carboxylic acids is 1. The number of carbonyl (C=O) groups excluding carboxylic acids is 2. The molecule has 13 heavy (non-hydrogen) atoms. The molecule has 0 radical (unpaired) electrons. The van der Waals surface area contributed by atoms with E-state index in [1.165, 1.54) is 0 Å². The lowest BCUT2D eigenvalue weighted by Crippen LogP contribution is -2.23. The molecule has 0 aliphatic heterocycles. The van der Waals surface area contributed by atoms with Crippen LogP contribution in [0.4, 0.5) is 0 Å². The predicted octanol–water partition coefficient (Wildman–Crippen LogP) is -0.0535. The van der Waals surface area contributed by atoms with E-state index in [4.69, 9.17) is 5.11 Å². The Balaban J connectivity index is 3.58. The van der Waals surface area contributed by atoms with Gasteiger partial charge in [-0.3, -0.25) is 14.4 Å². The number of aliphatic carboxylic acids is 1. The van der Waals surface area contributed by atoms with Crippen molar-refractivity contribution in [3.8, 4) is 0 Å². The molecule has 0 spiro atoms. The molecule has 5 heteroatoms. The molecule has 1 amide bonds. The molecular formula is C8H13NO4. The molecule has 0 unspecified atom stereocenters. The van der Waals surface area contributed by atoms with E-state index in [2.05, 4.69) is 5.32 Å². The Morgan fingerprint density at radius 2 is 1.85 bits per heavy atom. The van der Waals surface area contributed by atoms with Crippen LogP contribution in [-0.4, -0.2) is 29.3 Å². The van der Waals surface area contributed by atoms with Crippen molar-refractivity contribution in [1.29, 1.82) is 0 Å². The Hall–Kier alpha value is -1.39. The van der Waals surface area contributed by atoms with Crippen LogP contribution in [0.5, 0.6) is 0 Å². The van der Waals surface area contributed by atoms with Gasteiger partial charge in [0.1, 0.15) is 12.2 Å². The lowest BCUT2D eigenvalue weighted by atomic mass is 10.1. The first-order chi connectivity index (χ1) is 6.06. The van der Waals surface area contributed by atoms with Gasteiger partial charge in [-0.2, -0.15) is 0 Å². The average Bonchev–Trinajstić information content (AvgIpc) is 2.00. The summed E-state index contributed by atoms with van der Waals surface area (Å²) in [5, 5.41) is 10.7. The zero-order chi connectivity index (χ0) is 10.3. The monoisotopic (exact) mass is 187 g/mol. The van der Waals surface area contributed by atoms with Crippen LogP contribution in [0, 0.1) is 0 Å². The highest BCUT2D eigenvalue weighted by atomic mass is 16.4. The minimum Gasteiger partial charge on any atom is -0.481 e. The molecule has 0 saturated carbocycles. The van der Waals surface area contributed by atoms with Crippen molar-refractivity contribution < 1.29 is 19.5 Å². The normalized spacial score (nSPS) is 9.31. The van der Waals surface area contributed by atoms with Gasteiger partial charge in [0.25, 0.3) is 0 Å². The highest BCUT2D eigenvalue weighted by Gasteiger charge is 2.09. The Morgan fingerprint density at radius 1 is 1.23 bits per heavy atom. The van der Waals surface area contributed by atoms with E-state index in [0.29, 0.717) is 6.54 Å². The Kier molecular flexibility index (Phi) is 5.50. The number of hydrogen-bond donors (Lipinski definition) is 2. The van der Waals surface area contributed by atoms with Gasteiger partial charge in [-0.05, 0) is 6.92 Å². The maximum absolute atomic E-state index is 10.8. The predicted molar refractivity (Wildman–Crippen MR) is 45.2 cm³/mol. The molecule has 74 valence electrons. The van der Waals surface area contributed by atoms with E-state index in [-0.39, 0.29) is 18.7 Å². The Morgan fingerprint density at radius 3 is 2.31 bits per heavy atom. The van der Waals surface area contributed by atoms with Crippen molar-refractivity contribution in [2.45, 2.75) is 26.2 Å². The lowest BCUT2D eigenvalue weighted by molar-refractivity contribution is -0.140. The van der Waals surface area contributed by atoms with E-state index >= 15 is 0 Å². The SMILES string of the molecule is CCNC(=O)CCC(=O)CC(=O)O. The maximum atomic E-state index is 10.8. The molecule has 0 fully saturated rings. The topological polar surface area (TPSA) is 83.5 Å². The molecule has 0 rings (SSSR count). The van der Waals surface area contributed by atoms with E-state index in [9.17, 15) is 14.4 Å². The molecule has 0 aromatic carbocycles. The van der Waals surface area contributed by atoms with Crippen molar-refractivity contribution in [3.63, 3.8) is 0 Å².